The Balaban J connectivity index is 0.00000400. The number of piperidine rings is 1. The van der Waals surface area contributed by atoms with Gasteiger partial charge in [0.25, 0.3) is 5.92 Å². The fourth-order valence-electron chi connectivity index (χ4n) is 4.39. The first-order valence-electron chi connectivity index (χ1n) is 11.4. The van der Waals surface area contributed by atoms with Crippen molar-refractivity contribution in [1.82, 2.24) is 19.8 Å². The monoisotopic (exact) mass is 567 g/mol. The Morgan fingerprint density at radius 2 is 1.84 bits per heavy atom. The first-order valence-corrected chi connectivity index (χ1v) is 11.4. The molecule has 0 aliphatic carbocycles. The average Bonchev–Trinajstić information content (AvgIpc) is 2.83. The van der Waals surface area contributed by atoms with Crippen molar-refractivity contribution >= 4 is 24.2 Å². The Labute approximate surface area is 219 Å². The number of hydrogen-bond donors (Lipinski definition) is 2. The SMILES string of the molecule is Cl.NC(CC(=O)N1CCc2c(nc(-c3ccc(F)cc3)nc2C(F)(F)F)C1)CN1C(=O)CCC(F)(F)C1O. The van der Waals surface area contributed by atoms with Crippen LogP contribution in [0.25, 0.3) is 11.4 Å². The molecule has 38 heavy (non-hydrogen) atoms. The van der Waals surface area contributed by atoms with E-state index < -0.39 is 73.5 Å². The number of alkyl halides is 5. The fourth-order valence-corrected chi connectivity index (χ4v) is 4.39. The van der Waals surface area contributed by atoms with Crippen LogP contribution in [0, 0.1) is 5.82 Å². The van der Waals surface area contributed by atoms with E-state index in [0.717, 1.165) is 12.1 Å². The van der Waals surface area contributed by atoms with Gasteiger partial charge in [-0.1, -0.05) is 0 Å². The van der Waals surface area contributed by atoms with Crippen molar-refractivity contribution in [2.75, 3.05) is 13.1 Å². The second-order valence-electron chi connectivity index (χ2n) is 9.04. The van der Waals surface area contributed by atoms with Crippen molar-refractivity contribution in [3.05, 3.63) is 47.0 Å². The predicted octanol–water partition coefficient (Wildman–Crippen LogP) is 2.90. The zero-order chi connectivity index (χ0) is 27.1. The van der Waals surface area contributed by atoms with Crippen molar-refractivity contribution in [3.8, 4) is 11.4 Å². The molecule has 2 aromatic rings. The number of aromatic nitrogens is 2. The predicted molar refractivity (Wildman–Crippen MR) is 123 cm³/mol. The molecule has 1 aromatic carbocycles. The van der Waals surface area contributed by atoms with E-state index in [-0.39, 0.29) is 54.6 Å². The van der Waals surface area contributed by atoms with Gasteiger partial charge >= 0.3 is 6.18 Å². The second kappa shape index (κ2) is 11.0. The molecule has 2 unspecified atom stereocenters. The van der Waals surface area contributed by atoms with Crippen LogP contribution in [-0.4, -0.2) is 68.0 Å². The van der Waals surface area contributed by atoms with Crippen LogP contribution in [0.15, 0.2) is 24.3 Å². The zero-order valence-corrected chi connectivity index (χ0v) is 20.5. The largest absolute Gasteiger partial charge is 0.433 e. The molecule has 1 saturated heterocycles. The summed E-state index contributed by atoms with van der Waals surface area (Å²) in [5.41, 5.74) is 4.74. The number of rotatable bonds is 5. The molecule has 1 aromatic heterocycles. The number of hydrogen-bond acceptors (Lipinski definition) is 6. The van der Waals surface area contributed by atoms with E-state index in [1.165, 1.54) is 17.0 Å². The highest BCUT2D eigenvalue weighted by Gasteiger charge is 2.48. The fraction of sp³-hybridized carbons (Fsp3) is 0.478. The lowest BCUT2D eigenvalue weighted by molar-refractivity contribution is -0.205. The van der Waals surface area contributed by atoms with E-state index >= 15 is 0 Å². The molecular weight excluding hydrogens is 544 g/mol. The Bertz CT molecular complexity index is 1200. The van der Waals surface area contributed by atoms with Crippen LogP contribution in [0.1, 0.15) is 36.2 Å². The summed E-state index contributed by atoms with van der Waals surface area (Å²) in [4.78, 5) is 34.5. The Morgan fingerprint density at radius 1 is 1.18 bits per heavy atom. The molecule has 2 aliphatic rings. The number of nitrogens with zero attached hydrogens (tertiary/aromatic N) is 4. The van der Waals surface area contributed by atoms with Gasteiger partial charge in [-0.2, -0.15) is 13.2 Å². The van der Waals surface area contributed by atoms with E-state index in [2.05, 4.69) is 9.97 Å². The van der Waals surface area contributed by atoms with Crippen LogP contribution in [-0.2, 0) is 28.7 Å². The number of carbonyl (C=O) groups excluding carboxylic acids is 2. The molecule has 8 nitrogen and oxygen atoms in total. The molecule has 208 valence electrons. The maximum Gasteiger partial charge on any atom is 0.433 e. The standard InChI is InChI=1S/C23H23F6N5O3.ClH/c24-13-3-1-12(2-4-13)20-31-16-11-33(8-6-15(16)19(32-20)23(27,28)29)18(36)9-14(30)10-34-17(35)5-7-22(25,26)21(34)37;/h1-4,14,21,37H,5-11,30H2;1H. The maximum atomic E-state index is 13.8. The van der Waals surface area contributed by atoms with Crippen molar-refractivity contribution in [2.45, 2.75) is 56.6 Å². The van der Waals surface area contributed by atoms with E-state index in [1.807, 2.05) is 0 Å². The molecule has 3 N–H and O–H groups in total. The molecular formula is C23H24ClF6N5O3. The minimum Gasteiger partial charge on any atom is -0.368 e. The van der Waals surface area contributed by atoms with Gasteiger partial charge in [-0.15, -0.1) is 12.4 Å². The smallest absolute Gasteiger partial charge is 0.368 e. The second-order valence-corrected chi connectivity index (χ2v) is 9.04. The van der Waals surface area contributed by atoms with E-state index in [9.17, 15) is 41.0 Å². The van der Waals surface area contributed by atoms with Gasteiger partial charge in [0, 0.05) is 49.5 Å². The van der Waals surface area contributed by atoms with Crippen molar-refractivity contribution in [1.29, 1.82) is 0 Å². The molecule has 0 spiro atoms. The van der Waals surface area contributed by atoms with Crippen molar-refractivity contribution in [2.24, 2.45) is 5.73 Å². The Hall–Kier alpha value is -2.97. The quantitative estimate of drug-likeness (QED) is 0.538. The van der Waals surface area contributed by atoms with Crippen LogP contribution in [0.2, 0.25) is 0 Å². The summed E-state index contributed by atoms with van der Waals surface area (Å²) >= 11 is 0. The Morgan fingerprint density at radius 3 is 2.47 bits per heavy atom. The molecule has 0 radical (unpaired) electrons. The highest BCUT2D eigenvalue weighted by Crippen LogP contribution is 2.36. The third kappa shape index (κ3) is 6.18. The molecule has 15 heteroatoms. The third-order valence-corrected chi connectivity index (χ3v) is 6.32. The van der Waals surface area contributed by atoms with Crippen LogP contribution in [0.3, 0.4) is 0 Å². The van der Waals surface area contributed by atoms with Gasteiger partial charge in [-0.25, -0.2) is 23.1 Å². The van der Waals surface area contributed by atoms with E-state index in [4.69, 9.17) is 5.73 Å². The van der Waals surface area contributed by atoms with Crippen molar-refractivity contribution in [3.63, 3.8) is 0 Å². The van der Waals surface area contributed by atoms with Gasteiger partial charge in [-0.3, -0.25) is 9.59 Å². The first kappa shape index (κ1) is 29.6. The number of carbonyl (C=O) groups is 2. The zero-order valence-electron chi connectivity index (χ0n) is 19.7. The number of aliphatic hydroxyl groups excluding tert-OH is 1. The van der Waals surface area contributed by atoms with Crippen LogP contribution < -0.4 is 5.73 Å². The molecule has 0 bridgehead atoms. The average molecular weight is 568 g/mol. The Kier molecular flexibility index (Phi) is 8.58. The van der Waals surface area contributed by atoms with Crippen LogP contribution in [0.4, 0.5) is 26.3 Å². The summed E-state index contributed by atoms with van der Waals surface area (Å²) in [6, 6.07) is 3.49. The summed E-state index contributed by atoms with van der Waals surface area (Å²) in [5, 5.41) is 9.81. The van der Waals surface area contributed by atoms with Gasteiger partial charge in [0.05, 0.1) is 12.2 Å². The normalized spacial score (nSPS) is 20.0. The van der Waals surface area contributed by atoms with E-state index in [0.29, 0.717) is 4.90 Å². The molecule has 3 heterocycles. The third-order valence-electron chi connectivity index (χ3n) is 6.32. The van der Waals surface area contributed by atoms with Gasteiger partial charge in [0.2, 0.25) is 11.8 Å². The summed E-state index contributed by atoms with van der Waals surface area (Å²) in [6.45, 7) is -0.880. The van der Waals surface area contributed by atoms with Gasteiger partial charge in [0.1, 0.15) is 5.82 Å². The lowest BCUT2D eigenvalue weighted by Gasteiger charge is -2.38. The van der Waals surface area contributed by atoms with Crippen LogP contribution in [0.5, 0.6) is 0 Å². The summed E-state index contributed by atoms with van der Waals surface area (Å²) in [6.07, 6.45) is -9.03. The number of nitrogens with two attached hydrogens (primary N) is 1. The molecule has 0 saturated carbocycles. The number of fused-ring (bicyclic) bond motifs is 1. The number of likely N-dealkylation sites (tertiary alicyclic amines) is 1. The highest BCUT2D eigenvalue weighted by molar-refractivity contribution is 5.85. The first-order chi connectivity index (χ1) is 17.3. The number of amides is 2. The molecule has 1 fully saturated rings. The minimum absolute atomic E-state index is 0. The molecule has 2 amide bonds. The maximum absolute atomic E-state index is 13.8. The number of aliphatic hydroxyl groups is 1. The summed E-state index contributed by atoms with van der Waals surface area (Å²) in [7, 11) is 0. The lowest BCUT2D eigenvalue weighted by atomic mass is 10.0. The summed E-state index contributed by atoms with van der Waals surface area (Å²) in [5.74, 6) is -5.69. The lowest BCUT2D eigenvalue weighted by Crippen LogP contribution is -2.58. The molecule has 4 rings (SSSR count). The summed E-state index contributed by atoms with van der Waals surface area (Å²) < 4.78 is 82.1. The van der Waals surface area contributed by atoms with Crippen molar-refractivity contribution < 1.29 is 41.0 Å². The van der Waals surface area contributed by atoms with Gasteiger partial charge < -0.3 is 20.6 Å². The molecule has 2 atom stereocenters. The topological polar surface area (TPSA) is 113 Å². The number of halogens is 7. The number of benzene rings is 1. The minimum atomic E-state index is -4.79. The molecule has 2 aliphatic heterocycles. The van der Waals surface area contributed by atoms with Gasteiger partial charge in [-0.05, 0) is 30.7 Å². The van der Waals surface area contributed by atoms with Crippen LogP contribution >= 0.6 is 12.4 Å². The van der Waals surface area contributed by atoms with Gasteiger partial charge in [0.15, 0.2) is 17.7 Å². The highest BCUT2D eigenvalue weighted by atomic mass is 35.5. The van der Waals surface area contributed by atoms with E-state index in [1.54, 1.807) is 0 Å².